The molecule has 1 unspecified atom stereocenters. The molecule has 7 heteroatoms. The molecule has 0 saturated heterocycles. The fraction of sp³-hybridized carbons (Fsp3) is 0.444. The van der Waals surface area contributed by atoms with Crippen molar-refractivity contribution in [1.82, 2.24) is 0 Å². The molecule has 0 aliphatic carbocycles. The van der Waals surface area contributed by atoms with Gasteiger partial charge in [0.1, 0.15) is 24.6 Å². The summed E-state index contributed by atoms with van der Waals surface area (Å²) in [5.74, 6) is -0.671. The zero-order valence-electron chi connectivity index (χ0n) is 14.2. The molecule has 2 rings (SSSR count). The largest absolute Gasteiger partial charge is 0.508 e. The van der Waals surface area contributed by atoms with Gasteiger partial charge in [0.15, 0.2) is 6.29 Å². The maximum absolute atomic E-state index is 11.2. The smallest absolute Gasteiger partial charge is 0.303 e. The van der Waals surface area contributed by atoms with E-state index in [2.05, 4.69) is 0 Å². The van der Waals surface area contributed by atoms with Gasteiger partial charge in [0.05, 0.1) is 6.61 Å². The summed E-state index contributed by atoms with van der Waals surface area (Å²) in [6.45, 7) is 2.97. The van der Waals surface area contributed by atoms with E-state index in [1.807, 2.05) is 12.1 Å². The number of benzene rings is 1. The number of aromatic hydroxyl groups is 1. The molecular formula is C18H22O7. The Morgan fingerprint density at radius 3 is 2.48 bits per heavy atom. The molecule has 1 aliphatic heterocycles. The number of carbonyl (C=O) groups excluding carboxylic acids is 2. The van der Waals surface area contributed by atoms with Crippen LogP contribution < -0.4 is 0 Å². The summed E-state index contributed by atoms with van der Waals surface area (Å²) in [4.78, 5) is 22.2. The summed E-state index contributed by atoms with van der Waals surface area (Å²) in [5, 5.41) is 9.26. The SMILES string of the molecule is CC(=O)OC[C@H]1OC(OCCc2ccc(O)cc2)C=C[C@@H]1OC(C)=O. The highest BCUT2D eigenvalue weighted by atomic mass is 16.7. The van der Waals surface area contributed by atoms with Gasteiger partial charge in [0.2, 0.25) is 0 Å². The first kappa shape index (κ1) is 19.0. The van der Waals surface area contributed by atoms with E-state index in [-0.39, 0.29) is 12.4 Å². The third kappa shape index (κ3) is 6.56. The van der Waals surface area contributed by atoms with Gasteiger partial charge in [-0.25, -0.2) is 0 Å². The van der Waals surface area contributed by atoms with Crippen molar-refractivity contribution in [2.24, 2.45) is 0 Å². The lowest BCUT2D eigenvalue weighted by atomic mass is 10.1. The zero-order valence-corrected chi connectivity index (χ0v) is 14.2. The van der Waals surface area contributed by atoms with Crippen LogP contribution >= 0.6 is 0 Å². The van der Waals surface area contributed by atoms with Crippen LogP contribution in [0.5, 0.6) is 5.75 Å². The number of esters is 2. The average Bonchev–Trinajstić information content (AvgIpc) is 2.56. The molecule has 7 nitrogen and oxygen atoms in total. The molecule has 1 aliphatic rings. The highest BCUT2D eigenvalue weighted by Crippen LogP contribution is 2.18. The first-order valence-corrected chi connectivity index (χ1v) is 7.98. The van der Waals surface area contributed by atoms with Crippen molar-refractivity contribution < 1.29 is 33.6 Å². The second kappa shape index (κ2) is 9.19. The van der Waals surface area contributed by atoms with Gasteiger partial charge in [-0.15, -0.1) is 0 Å². The third-order valence-corrected chi connectivity index (χ3v) is 3.50. The minimum absolute atomic E-state index is 0.0323. The van der Waals surface area contributed by atoms with E-state index >= 15 is 0 Å². The maximum Gasteiger partial charge on any atom is 0.303 e. The van der Waals surface area contributed by atoms with Crippen LogP contribution in [0.1, 0.15) is 19.4 Å². The molecule has 1 heterocycles. The number of hydrogen-bond acceptors (Lipinski definition) is 7. The molecule has 0 bridgehead atoms. The summed E-state index contributed by atoms with van der Waals surface area (Å²) in [6.07, 6.45) is 2.10. The van der Waals surface area contributed by atoms with Crippen molar-refractivity contribution >= 4 is 11.9 Å². The van der Waals surface area contributed by atoms with E-state index in [4.69, 9.17) is 18.9 Å². The summed E-state index contributed by atoms with van der Waals surface area (Å²) in [7, 11) is 0. The van der Waals surface area contributed by atoms with Gasteiger partial charge in [-0.1, -0.05) is 12.1 Å². The molecular weight excluding hydrogens is 328 g/mol. The Balaban J connectivity index is 1.86. The first-order valence-electron chi connectivity index (χ1n) is 7.98. The lowest BCUT2D eigenvalue weighted by Gasteiger charge is -2.31. The number of ether oxygens (including phenoxy) is 4. The van der Waals surface area contributed by atoms with Gasteiger partial charge in [0.25, 0.3) is 0 Å². The van der Waals surface area contributed by atoms with Crippen LogP contribution in [-0.2, 0) is 35.0 Å². The quantitative estimate of drug-likeness (QED) is 0.591. The summed E-state index contributed by atoms with van der Waals surface area (Å²) in [5.41, 5.74) is 1.02. The summed E-state index contributed by atoms with van der Waals surface area (Å²) in [6, 6.07) is 6.86. The van der Waals surface area contributed by atoms with E-state index in [1.54, 1.807) is 24.3 Å². The molecule has 0 spiro atoms. The molecule has 0 radical (unpaired) electrons. The van der Waals surface area contributed by atoms with Crippen molar-refractivity contribution in [1.29, 1.82) is 0 Å². The fourth-order valence-electron chi connectivity index (χ4n) is 2.31. The fourth-order valence-corrected chi connectivity index (χ4v) is 2.31. The Hall–Kier alpha value is -2.38. The Kier molecular flexibility index (Phi) is 6.97. The maximum atomic E-state index is 11.2. The predicted molar refractivity (Wildman–Crippen MR) is 87.8 cm³/mol. The molecule has 0 aromatic heterocycles. The molecule has 136 valence electrons. The zero-order chi connectivity index (χ0) is 18.2. The average molecular weight is 350 g/mol. The predicted octanol–water partition coefficient (Wildman–Crippen LogP) is 1.73. The molecule has 0 fully saturated rings. The highest BCUT2D eigenvalue weighted by Gasteiger charge is 2.30. The monoisotopic (exact) mass is 350 g/mol. The molecule has 1 aromatic rings. The van der Waals surface area contributed by atoms with E-state index in [0.29, 0.717) is 13.0 Å². The minimum Gasteiger partial charge on any atom is -0.508 e. The topological polar surface area (TPSA) is 91.3 Å². The van der Waals surface area contributed by atoms with Gasteiger partial charge in [-0.3, -0.25) is 9.59 Å². The molecule has 1 aromatic carbocycles. The van der Waals surface area contributed by atoms with Crippen LogP contribution in [0.3, 0.4) is 0 Å². The molecule has 0 amide bonds. The lowest BCUT2D eigenvalue weighted by molar-refractivity contribution is -0.196. The second-order valence-corrected chi connectivity index (χ2v) is 5.59. The number of hydrogen-bond donors (Lipinski definition) is 1. The summed E-state index contributed by atoms with van der Waals surface area (Å²) >= 11 is 0. The molecule has 25 heavy (non-hydrogen) atoms. The number of phenols is 1. The Morgan fingerprint density at radius 1 is 1.12 bits per heavy atom. The van der Waals surface area contributed by atoms with Crippen LogP contribution in [0.4, 0.5) is 0 Å². The molecule has 1 N–H and O–H groups in total. The second-order valence-electron chi connectivity index (χ2n) is 5.59. The number of phenolic OH excluding ortho intramolecular Hbond substituents is 1. The molecule has 0 saturated carbocycles. The van der Waals surface area contributed by atoms with Crippen LogP contribution in [0, 0.1) is 0 Å². The third-order valence-electron chi connectivity index (χ3n) is 3.50. The minimum atomic E-state index is -0.631. The summed E-state index contributed by atoms with van der Waals surface area (Å²) < 4.78 is 21.5. The Labute approximate surface area is 146 Å². The Morgan fingerprint density at radius 2 is 1.84 bits per heavy atom. The van der Waals surface area contributed by atoms with Crippen LogP contribution in [-0.4, -0.2) is 48.8 Å². The normalized spacial score (nSPS) is 22.4. The van der Waals surface area contributed by atoms with Crippen molar-refractivity contribution in [3.63, 3.8) is 0 Å². The number of carbonyl (C=O) groups is 2. The van der Waals surface area contributed by atoms with Crippen LogP contribution in [0.15, 0.2) is 36.4 Å². The first-order chi connectivity index (χ1) is 11.9. The van der Waals surface area contributed by atoms with Gasteiger partial charge < -0.3 is 24.1 Å². The van der Waals surface area contributed by atoms with E-state index in [9.17, 15) is 14.7 Å². The molecule has 3 atom stereocenters. The number of rotatable bonds is 7. The lowest BCUT2D eigenvalue weighted by Crippen LogP contribution is -2.42. The van der Waals surface area contributed by atoms with Gasteiger partial charge in [0, 0.05) is 13.8 Å². The van der Waals surface area contributed by atoms with Gasteiger partial charge >= 0.3 is 11.9 Å². The van der Waals surface area contributed by atoms with Crippen molar-refractivity contribution in [2.75, 3.05) is 13.2 Å². The Bertz CT molecular complexity index is 608. The van der Waals surface area contributed by atoms with Gasteiger partial charge in [-0.2, -0.15) is 0 Å². The highest BCUT2D eigenvalue weighted by molar-refractivity contribution is 5.66. The van der Waals surface area contributed by atoms with Gasteiger partial charge in [-0.05, 0) is 36.3 Å². The van der Waals surface area contributed by atoms with E-state index in [0.717, 1.165) is 5.56 Å². The van der Waals surface area contributed by atoms with Crippen LogP contribution in [0.25, 0.3) is 0 Å². The van der Waals surface area contributed by atoms with Crippen molar-refractivity contribution in [3.05, 3.63) is 42.0 Å². The van der Waals surface area contributed by atoms with E-state index in [1.165, 1.54) is 13.8 Å². The standard InChI is InChI=1S/C18H22O7/c1-12(19)23-11-17-16(24-13(2)20)7-8-18(25-17)22-10-9-14-3-5-15(21)6-4-14/h3-8,16-18,21H,9-11H2,1-2H3/t16-,17+,18?/m0/s1. The van der Waals surface area contributed by atoms with Crippen molar-refractivity contribution in [3.8, 4) is 5.75 Å². The van der Waals surface area contributed by atoms with Crippen molar-refractivity contribution in [2.45, 2.75) is 38.8 Å². The van der Waals surface area contributed by atoms with E-state index < -0.39 is 30.4 Å². The van der Waals surface area contributed by atoms with Crippen LogP contribution in [0.2, 0.25) is 0 Å².